The van der Waals surface area contributed by atoms with Crippen LogP contribution in [0.5, 0.6) is 0 Å². The van der Waals surface area contributed by atoms with Crippen LogP contribution in [0.15, 0.2) is 54.6 Å². The molecule has 0 aliphatic carbocycles. The monoisotopic (exact) mass is 264 g/mol. The zero-order valence-electron chi connectivity index (χ0n) is 9.95. The van der Waals surface area contributed by atoms with Crippen molar-refractivity contribution in [2.24, 2.45) is 0 Å². The summed E-state index contributed by atoms with van der Waals surface area (Å²) in [5.74, 6) is -0.195. The Kier molecular flexibility index (Phi) is 3.69. The fourth-order valence-electron chi connectivity index (χ4n) is 1.77. The van der Waals surface area contributed by atoms with Crippen molar-refractivity contribution in [2.75, 3.05) is 0 Å². The predicted octanol–water partition coefficient (Wildman–Crippen LogP) is 4.13. The summed E-state index contributed by atoms with van der Waals surface area (Å²) in [6, 6.07) is 13.4. The first-order valence-corrected chi connectivity index (χ1v) is 5.71. The lowest BCUT2D eigenvalue weighted by molar-refractivity contribution is -0.137. The van der Waals surface area contributed by atoms with E-state index in [9.17, 15) is 18.0 Å². The highest BCUT2D eigenvalue weighted by Crippen LogP contribution is 2.29. The number of halogens is 3. The normalized spacial score (nSPS) is 11.3. The van der Waals surface area contributed by atoms with Gasteiger partial charge in [-0.1, -0.05) is 48.5 Å². The second-order valence-corrected chi connectivity index (χ2v) is 4.16. The van der Waals surface area contributed by atoms with Crippen LogP contribution in [0.3, 0.4) is 0 Å². The average Bonchev–Trinajstić information content (AvgIpc) is 2.39. The van der Waals surface area contributed by atoms with E-state index in [4.69, 9.17) is 0 Å². The molecule has 0 heterocycles. The molecular weight excluding hydrogens is 253 g/mol. The molecule has 2 rings (SSSR count). The number of Topliss-reactive ketones (excluding diaryl/α,β-unsaturated/α-hetero) is 1. The van der Waals surface area contributed by atoms with Crippen LogP contribution in [-0.4, -0.2) is 5.78 Å². The molecular formula is C15H11F3O. The number of hydrogen-bond acceptors (Lipinski definition) is 1. The molecule has 19 heavy (non-hydrogen) atoms. The van der Waals surface area contributed by atoms with Crippen LogP contribution in [0.25, 0.3) is 0 Å². The maximum Gasteiger partial charge on any atom is 0.416 e. The van der Waals surface area contributed by atoms with Gasteiger partial charge in [-0.2, -0.15) is 13.2 Å². The SMILES string of the molecule is O=C(Cc1cccc(C(F)(F)F)c1)c1ccccc1. The van der Waals surface area contributed by atoms with Gasteiger partial charge in [-0.05, 0) is 11.6 Å². The predicted molar refractivity (Wildman–Crippen MR) is 65.9 cm³/mol. The molecule has 0 aromatic heterocycles. The zero-order chi connectivity index (χ0) is 13.9. The average molecular weight is 264 g/mol. The van der Waals surface area contributed by atoms with Gasteiger partial charge in [-0.15, -0.1) is 0 Å². The van der Waals surface area contributed by atoms with Crippen LogP contribution in [-0.2, 0) is 12.6 Å². The first-order valence-electron chi connectivity index (χ1n) is 5.71. The Labute approximate surface area is 108 Å². The molecule has 0 spiro atoms. The lowest BCUT2D eigenvalue weighted by atomic mass is 10.0. The molecule has 0 N–H and O–H groups in total. The minimum absolute atomic E-state index is 0.0338. The Balaban J connectivity index is 2.18. The summed E-state index contributed by atoms with van der Waals surface area (Å²) in [6.45, 7) is 0. The van der Waals surface area contributed by atoms with E-state index in [1.807, 2.05) is 0 Å². The molecule has 0 bridgehead atoms. The van der Waals surface area contributed by atoms with Crippen LogP contribution in [0.4, 0.5) is 13.2 Å². The van der Waals surface area contributed by atoms with Gasteiger partial charge in [0.05, 0.1) is 5.56 Å². The lowest BCUT2D eigenvalue weighted by Crippen LogP contribution is -2.07. The molecule has 1 nitrogen and oxygen atoms in total. The van der Waals surface area contributed by atoms with Crippen molar-refractivity contribution < 1.29 is 18.0 Å². The lowest BCUT2D eigenvalue weighted by Gasteiger charge is -2.08. The summed E-state index contributed by atoms with van der Waals surface area (Å²) in [5.41, 5.74) is 0.134. The number of rotatable bonds is 3. The van der Waals surface area contributed by atoms with Gasteiger partial charge in [-0.25, -0.2) is 0 Å². The second-order valence-electron chi connectivity index (χ2n) is 4.16. The fraction of sp³-hybridized carbons (Fsp3) is 0.133. The van der Waals surface area contributed by atoms with Crippen molar-refractivity contribution in [2.45, 2.75) is 12.6 Å². The van der Waals surface area contributed by atoms with Crippen LogP contribution in [0.2, 0.25) is 0 Å². The standard InChI is InChI=1S/C15H11F3O/c16-15(17,18)13-8-4-5-11(9-13)10-14(19)12-6-2-1-3-7-12/h1-9H,10H2. The van der Waals surface area contributed by atoms with Gasteiger partial charge in [0.15, 0.2) is 5.78 Å². The Morgan fingerprint density at radius 2 is 1.63 bits per heavy atom. The molecule has 0 saturated heterocycles. The van der Waals surface area contributed by atoms with E-state index in [2.05, 4.69) is 0 Å². The topological polar surface area (TPSA) is 17.1 Å². The van der Waals surface area contributed by atoms with E-state index < -0.39 is 11.7 Å². The summed E-state index contributed by atoms with van der Waals surface area (Å²) in [6.07, 6.45) is -4.42. The largest absolute Gasteiger partial charge is 0.416 e. The zero-order valence-corrected chi connectivity index (χ0v) is 9.95. The molecule has 0 amide bonds. The maximum absolute atomic E-state index is 12.5. The van der Waals surface area contributed by atoms with Crippen LogP contribution >= 0.6 is 0 Å². The second kappa shape index (κ2) is 5.26. The number of benzene rings is 2. The molecule has 0 aliphatic heterocycles. The van der Waals surface area contributed by atoms with Crippen LogP contribution in [0.1, 0.15) is 21.5 Å². The highest BCUT2D eigenvalue weighted by atomic mass is 19.4. The van der Waals surface area contributed by atoms with Crippen molar-refractivity contribution in [3.05, 3.63) is 71.3 Å². The summed E-state index contributed by atoms with van der Waals surface area (Å²) < 4.78 is 37.6. The maximum atomic E-state index is 12.5. The first-order chi connectivity index (χ1) is 8.97. The van der Waals surface area contributed by atoms with Gasteiger partial charge in [0.2, 0.25) is 0 Å². The van der Waals surface area contributed by atoms with Gasteiger partial charge in [0.25, 0.3) is 0 Å². The van der Waals surface area contributed by atoms with Gasteiger partial charge < -0.3 is 0 Å². The van der Waals surface area contributed by atoms with Crippen molar-refractivity contribution in [3.8, 4) is 0 Å². The molecule has 0 aliphatic rings. The molecule has 0 radical (unpaired) electrons. The third-order valence-electron chi connectivity index (χ3n) is 2.71. The third kappa shape index (κ3) is 3.44. The Hall–Kier alpha value is -2.10. The molecule has 0 unspecified atom stereocenters. The molecule has 2 aromatic rings. The summed E-state index contributed by atoms with van der Waals surface area (Å²) >= 11 is 0. The van der Waals surface area contributed by atoms with E-state index >= 15 is 0 Å². The molecule has 98 valence electrons. The number of hydrogen-bond donors (Lipinski definition) is 0. The van der Waals surface area contributed by atoms with Crippen molar-refractivity contribution >= 4 is 5.78 Å². The van der Waals surface area contributed by atoms with Crippen LogP contribution < -0.4 is 0 Å². The van der Waals surface area contributed by atoms with Crippen molar-refractivity contribution in [1.82, 2.24) is 0 Å². The molecule has 0 saturated carbocycles. The van der Waals surface area contributed by atoms with E-state index in [-0.39, 0.29) is 12.2 Å². The first kappa shape index (κ1) is 13.3. The highest BCUT2D eigenvalue weighted by molar-refractivity contribution is 5.97. The quantitative estimate of drug-likeness (QED) is 0.762. The molecule has 2 aromatic carbocycles. The Morgan fingerprint density at radius 1 is 0.947 bits per heavy atom. The smallest absolute Gasteiger partial charge is 0.294 e. The van der Waals surface area contributed by atoms with E-state index in [1.54, 1.807) is 30.3 Å². The van der Waals surface area contributed by atoms with Crippen molar-refractivity contribution in [3.63, 3.8) is 0 Å². The summed E-state index contributed by atoms with van der Waals surface area (Å²) in [7, 11) is 0. The van der Waals surface area contributed by atoms with E-state index in [0.717, 1.165) is 12.1 Å². The minimum atomic E-state index is -4.38. The Morgan fingerprint density at radius 3 is 2.26 bits per heavy atom. The van der Waals surface area contributed by atoms with Gasteiger partial charge in [0, 0.05) is 12.0 Å². The van der Waals surface area contributed by atoms with Crippen LogP contribution in [0, 0.1) is 0 Å². The Bertz CT molecular complexity index is 573. The summed E-state index contributed by atoms with van der Waals surface area (Å²) in [5, 5.41) is 0. The van der Waals surface area contributed by atoms with Gasteiger partial charge in [0.1, 0.15) is 0 Å². The van der Waals surface area contributed by atoms with Crippen molar-refractivity contribution in [1.29, 1.82) is 0 Å². The molecule has 4 heteroatoms. The number of alkyl halides is 3. The number of carbonyl (C=O) groups excluding carboxylic acids is 1. The van der Waals surface area contributed by atoms with E-state index in [0.29, 0.717) is 11.1 Å². The third-order valence-corrected chi connectivity index (χ3v) is 2.71. The number of ketones is 1. The molecule has 0 atom stereocenters. The molecule has 0 fully saturated rings. The highest BCUT2D eigenvalue weighted by Gasteiger charge is 2.30. The fourth-order valence-corrected chi connectivity index (χ4v) is 1.77. The van der Waals surface area contributed by atoms with Gasteiger partial charge >= 0.3 is 6.18 Å². The van der Waals surface area contributed by atoms with Gasteiger partial charge in [-0.3, -0.25) is 4.79 Å². The van der Waals surface area contributed by atoms with E-state index in [1.165, 1.54) is 12.1 Å². The number of carbonyl (C=O) groups is 1. The summed E-state index contributed by atoms with van der Waals surface area (Å²) in [4.78, 5) is 11.9. The minimum Gasteiger partial charge on any atom is -0.294 e.